The Labute approximate surface area is 121 Å². The molecule has 1 unspecified atom stereocenters. The molecular weight excluding hydrogens is 272 g/mol. The number of sulfonamides is 1. The molecule has 0 bridgehead atoms. The molecule has 1 atom stereocenters. The van der Waals surface area contributed by atoms with Crippen LogP contribution in [0.4, 0.5) is 0 Å². The van der Waals surface area contributed by atoms with Crippen LogP contribution in [-0.4, -0.2) is 14.5 Å². The van der Waals surface area contributed by atoms with Crippen molar-refractivity contribution in [2.24, 2.45) is 11.1 Å². The van der Waals surface area contributed by atoms with E-state index >= 15 is 0 Å². The van der Waals surface area contributed by atoms with Gasteiger partial charge in [-0.05, 0) is 48.4 Å². The highest BCUT2D eigenvalue weighted by Gasteiger charge is 2.37. The summed E-state index contributed by atoms with van der Waals surface area (Å²) in [5.41, 5.74) is 7.57. The summed E-state index contributed by atoms with van der Waals surface area (Å²) in [6, 6.07) is 5.16. The predicted octanol–water partition coefficient (Wildman–Crippen LogP) is 2.31. The molecule has 2 rings (SSSR count). The summed E-state index contributed by atoms with van der Waals surface area (Å²) < 4.78 is 27.9. The molecule has 0 heterocycles. The minimum absolute atomic E-state index is 0.00938. The van der Waals surface area contributed by atoms with E-state index in [4.69, 9.17) is 5.73 Å². The molecule has 0 aliphatic heterocycles. The third-order valence-corrected chi connectivity index (χ3v) is 5.87. The first-order valence-corrected chi connectivity index (χ1v) is 8.56. The molecule has 4 nitrogen and oxygen atoms in total. The highest BCUT2D eigenvalue weighted by Crippen LogP contribution is 2.37. The topological polar surface area (TPSA) is 72.2 Å². The van der Waals surface area contributed by atoms with Gasteiger partial charge in [0.05, 0.1) is 4.90 Å². The lowest BCUT2D eigenvalue weighted by Gasteiger charge is -2.27. The summed E-state index contributed by atoms with van der Waals surface area (Å²) in [5.74, 6) is 0. The second-order valence-corrected chi connectivity index (χ2v) is 8.06. The predicted molar refractivity (Wildman–Crippen MR) is 80.8 cm³/mol. The maximum absolute atomic E-state index is 12.5. The highest BCUT2D eigenvalue weighted by molar-refractivity contribution is 7.89. The molecule has 1 aliphatic carbocycles. The number of rotatable bonds is 4. The van der Waals surface area contributed by atoms with Crippen LogP contribution in [0.3, 0.4) is 0 Å². The van der Waals surface area contributed by atoms with Gasteiger partial charge in [0, 0.05) is 12.6 Å². The van der Waals surface area contributed by atoms with Gasteiger partial charge in [-0.15, -0.1) is 0 Å². The molecule has 1 aromatic carbocycles. The zero-order valence-electron chi connectivity index (χ0n) is 12.4. The quantitative estimate of drug-likeness (QED) is 0.895. The van der Waals surface area contributed by atoms with Crippen LogP contribution >= 0.6 is 0 Å². The summed E-state index contributed by atoms with van der Waals surface area (Å²) in [5, 5.41) is 0. The van der Waals surface area contributed by atoms with E-state index in [2.05, 4.69) is 18.6 Å². The molecule has 112 valence electrons. The molecule has 20 heavy (non-hydrogen) atoms. The van der Waals surface area contributed by atoms with Crippen molar-refractivity contribution in [3.8, 4) is 0 Å². The SMILES string of the molecule is Cc1ccc(S(=O)(=O)NC2CCCC2(C)C)cc1CN. The van der Waals surface area contributed by atoms with Crippen molar-refractivity contribution in [3.05, 3.63) is 29.3 Å². The molecule has 0 radical (unpaired) electrons. The van der Waals surface area contributed by atoms with Crippen molar-refractivity contribution in [1.82, 2.24) is 4.72 Å². The fourth-order valence-corrected chi connectivity index (χ4v) is 4.33. The number of aryl methyl sites for hydroxylation is 1. The Morgan fingerprint density at radius 1 is 1.40 bits per heavy atom. The average molecular weight is 296 g/mol. The second-order valence-electron chi connectivity index (χ2n) is 6.35. The van der Waals surface area contributed by atoms with Crippen molar-refractivity contribution in [1.29, 1.82) is 0 Å². The summed E-state index contributed by atoms with van der Waals surface area (Å²) in [7, 11) is -3.47. The third-order valence-electron chi connectivity index (χ3n) is 4.41. The van der Waals surface area contributed by atoms with Crippen molar-refractivity contribution in [2.45, 2.75) is 57.5 Å². The van der Waals surface area contributed by atoms with E-state index in [0.717, 1.165) is 30.4 Å². The first-order chi connectivity index (χ1) is 9.26. The molecule has 1 saturated carbocycles. The molecule has 0 saturated heterocycles. The van der Waals surface area contributed by atoms with E-state index < -0.39 is 10.0 Å². The molecule has 1 fully saturated rings. The van der Waals surface area contributed by atoms with Crippen molar-refractivity contribution >= 4 is 10.0 Å². The van der Waals surface area contributed by atoms with Crippen LogP contribution in [0.5, 0.6) is 0 Å². The van der Waals surface area contributed by atoms with Gasteiger partial charge in [0.25, 0.3) is 0 Å². The van der Waals surface area contributed by atoms with Gasteiger partial charge in [0.1, 0.15) is 0 Å². The van der Waals surface area contributed by atoms with Crippen molar-refractivity contribution in [3.63, 3.8) is 0 Å². The summed E-state index contributed by atoms with van der Waals surface area (Å²) in [6.07, 6.45) is 3.03. The lowest BCUT2D eigenvalue weighted by atomic mass is 9.88. The Hall–Kier alpha value is -0.910. The van der Waals surface area contributed by atoms with E-state index in [0.29, 0.717) is 11.4 Å². The fourth-order valence-electron chi connectivity index (χ4n) is 2.84. The Kier molecular flexibility index (Phi) is 4.23. The number of hydrogen-bond donors (Lipinski definition) is 2. The van der Waals surface area contributed by atoms with Gasteiger partial charge in [-0.25, -0.2) is 13.1 Å². The molecule has 0 spiro atoms. The number of hydrogen-bond acceptors (Lipinski definition) is 3. The van der Waals surface area contributed by atoms with E-state index in [9.17, 15) is 8.42 Å². The van der Waals surface area contributed by atoms with Crippen LogP contribution in [0.2, 0.25) is 0 Å². The normalized spacial score (nSPS) is 22.1. The first kappa shape index (κ1) is 15.5. The average Bonchev–Trinajstić information content (AvgIpc) is 2.68. The molecule has 0 amide bonds. The Morgan fingerprint density at radius 2 is 2.10 bits per heavy atom. The minimum Gasteiger partial charge on any atom is -0.326 e. The van der Waals surface area contributed by atoms with Gasteiger partial charge in [0.15, 0.2) is 0 Å². The number of nitrogens with one attached hydrogen (secondary N) is 1. The lowest BCUT2D eigenvalue weighted by Crippen LogP contribution is -2.41. The van der Waals surface area contributed by atoms with E-state index in [1.54, 1.807) is 12.1 Å². The summed E-state index contributed by atoms with van der Waals surface area (Å²) >= 11 is 0. The maximum atomic E-state index is 12.5. The molecular formula is C15H24N2O2S. The lowest BCUT2D eigenvalue weighted by molar-refractivity contribution is 0.313. The zero-order chi connectivity index (χ0) is 15.0. The maximum Gasteiger partial charge on any atom is 0.240 e. The van der Waals surface area contributed by atoms with E-state index in [1.165, 1.54) is 0 Å². The van der Waals surface area contributed by atoms with Gasteiger partial charge >= 0.3 is 0 Å². The summed E-state index contributed by atoms with van der Waals surface area (Å²) in [6.45, 7) is 6.53. The molecule has 5 heteroatoms. The van der Waals surface area contributed by atoms with Gasteiger partial charge < -0.3 is 5.73 Å². The monoisotopic (exact) mass is 296 g/mol. The van der Waals surface area contributed by atoms with Crippen LogP contribution in [0.25, 0.3) is 0 Å². The summed E-state index contributed by atoms with van der Waals surface area (Å²) in [4.78, 5) is 0.311. The Bertz CT molecular complexity index is 594. The minimum atomic E-state index is -3.47. The smallest absolute Gasteiger partial charge is 0.240 e. The van der Waals surface area contributed by atoms with Crippen molar-refractivity contribution < 1.29 is 8.42 Å². The van der Waals surface area contributed by atoms with Gasteiger partial charge in [-0.2, -0.15) is 0 Å². The van der Waals surface area contributed by atoms with Crippen LogP contribution < -0.4 is 10.5 Å². The first-order valence-electron chi connectivity index (χ1n) is 7.08. The van der Waals surface area contributed by atoms with Gasteiger partial charge in [-0.3, -0.25) is 0 Å². The third kappa shape index (κ3) is 3.05. The number of nitrogens with two attached hydrogens (primary N) is 1. The van der Waals surface area contributed by atoms with Crippen LogP contribution in [0.1, 0.15) is 44.2 Å². The van der Waals surface area contributed by atoms with E-state index in [-0.39, 0.29) is 11.5 Å². The van der Waals surface area contributed by atoms with Crippen LogP contribution in [0.15, 0.2) is 23.1 Å². The molecule has 0 aromatic heterocycles. The van der Waals surface area contributed by atoms with E-state index in [1.807, 2.05) is 13.0 Å². The Balaban J connectivity index is 2.27. The van der Waals surface area contributed by atoms with Gasteiger partial charge in [-0.1, -0.05) is 26.3 Å². The standard InChI is InChI=1S/C15H24N2O2S/c1-11-6-7-13(9-12(11)10-16)20(18,19)17-14-5-4-8-15(14,2)3/h6-7,9,14,17H,4-5,8,10,16H2,1-3H3. The van der Waals surface area contributed by atoms with Crippen LogP contribution in [-0.2, 0) is 16.6 Å². The van der Waals surface area contributed by atoms with Gasteiger partial charge in [0.2, 0.25) is 10.0 Å². The highest BCUT2D eigenvalue weighted by atomic mass is 32.2. The second kappa shape index (κ2) is 5.47. The zero-order valence-corrected chi connectivity index (χ0v) is 13.3. The molecule has 3 N–H and O–H groups in total. The fraction of sp³-hybridized carbons (Fsp3) is 0.600. The number of benzene rings is 1. The van der Waals surface area contributed by atoms with Crippen molar-refractivity contribution in [2.75, 3.05) is 0 Å². The van der Waals surface area contributed by atoms with Crippen LogP contribution in [0, 0.1) is 12.3 Å². The Morgan fingerprint density at radius 3 is 2.65 bits per heavy atom. The molecule has 1 aliphatic rings. The molecule has 1 aromatic rings. The largest absolute Gasteiger partial charge is 0.326 e.